The Labute approximate surface area is 159 Å². The minimum absolute atomic E-state index is 0.0443. The van der Waals surface area contributed by atoms with Gasteiger partial charge in [0.15, 0.2) is 0 Å². The van der Waals surface area contributed by atoms with Gasteiger partial charge in [0.05, 0.1) is 22.3 Å². The van der Waals surface area contributed by atoms with E-state index in [0.717, 1.165) is 22.7 Å². The van der Waals surface area contributed by atoms with E-state index in [1.165, 1.54) is 0 Å². The lowest BCUT2D eigenvalue weighted by Gasteiger charge is -2.19. The summed E-state index contributed by atoms with van der Waals surface area (Å²) in [5.74, 6) is 0.911. The molecule has 140 valence electrons. The second kappa shape index (κ2) is 6.99. The van der Waals surface area contributed by atoms with Crippen molar-refractivity contribution in [2.45, 2.75) is 46.6 Å². The second-order valence-corrected chi connectivity index (χ2v) is 8.50. The molecule has 0 bridgehead atoms. The first-order chi connectivity index (χ1) is 12.2. The zero-order valence-electron chi connectivity index (χ0n) is 16.2. The average Bonchev–Trinajstić information content (AvgIpc) is 2.80. The summed E-state index contributed by atoms with van der Waals surface area (Å²) in [5, 5.41) is 2.64. The molecule has 1 unspecified atom stereocenters. The summed E-state index contributed by atoms with van der Waals surface area (Å²) in [7, 11) is 1.85. The van der Waals surface area contributed by atoms with E-state index in [4.69, 9.17) is 16.3 Å². The maximum Gasteiger partial charge on any atom is 0.328 e. The van der Waals surface area contributed by atoms with Gasteiger partial charge < -0.3 is 4.74 Å². The van der Waals surface area contributed by atoms with Crippen molar-refractivity contribution in [3.8, 4) is 5.75 Å². The van der Waals surface area contributed by atoms with Crippen LogP contribution in [-0.2, 0) is 13.6 Å². The summed E-state index contributed by atoms with van der Waals surface area (Å²) in [4.78, 5) is 12.7. The summed E-state index contributed by atoms with van der Waals surface area (Å²) >= 11 is 6.35. The number of hydrogen-bond donors (Lipinski definition) is 0. The Balaban J connectivity index is 2.03. The normalized spacial score (nSPS) is 16.6. The van der Waals surface area contributed by atoms with E-state index in [1.807, 2.05) is 30.7 Å². The van der Waals surface area contributed by atoms with Crippen LogP contribution in [0.25, 0.3) is 12.2 Å². The largest absolute Gasteiger partial charge is 0.492 e. The highest BCUT2D eigenvalue weighted by atomic mass is 35.5. The Morgan fingerprint density at radius 3 is 2.62 bits per heavy atom. The molecule has 3 rings (SSSR count). The molecule has 0 amide bonds. The molecule has 1 heterocycles. The van der Waals surface area contributed by atoms with Gasteiger partial charge in [0.1, 0.15) is 5.75 Å². The van der Waals surface area contributed by atoms with Crippen molar-refractivity contribution in [1.29, 1.82) is 0 Å². The Kier molecular flexibility index (Phi) is 5.07. The highest BCUT2D eigenvalue weighted by molar-refractivity contribution is 6.32. The molecule has 1 aromatic heterocycles. The summed E-state index contributed by atoms with van der Waals surface area (Å²) in [5.41, 5.74) is 1.23. The molecule has 0 saturated carbocycles. The maximum absolute atomic E-state index is 12.7. The summed E-state index contributed by atoms with van der Waals surface area (Å²) < 4.78 is 9.17. The lowest BCUT2D eigenvalue weighted by Crippen LogP contribution is -2.37. The number of nitrogens with zero attached hydrogens (tertiary/aromatic N) is 2. The Hall–Kier alpha value is -1.94. The molecule has 0 N–H and O–H groups in total. The first-order valence-electron chi connectivity index (χ1n) is 9.11. The van der Waals surface area contributed by atoms with Crippen LogP contribution >= 0.6 is 11.6 Å². The average molecular weight is 375 g/mol. The summed E-state index contributed by atoms with van der Waals surface area (Å²) in [6, 6.07) is 5.95. The van der Waals surface area contributed by atoms with Crippen molar-refractivity contribution >= 4 is 23.8 Å². The number of aromatic nitrogens is 2. The lowest BCUT2D eigenvalue weighted by molar-refractivity contribution is 0.333. The third kappa shape index (κ3) is 3.61. The van der Waals surface area contributed by atoms with E-state index in [-0.39, 0.29) is 17.0 Å². The van der Waals surface area contributed by atoms with Gasteiger partial charge in [-0.2, -0.15) is 0 Å². The van der Waals surface area contributed by atoms with E-state index < -0.39 is 0 Å². The smallest absolute Gasteiger partial charge is 0.328 e. The van der Waals surface area contributed by atoms with Crippen molar-refractivity contribution in [2.75, 3.05) is 6.61 Å². The number of fused-ring (bicyclic) bond motifs is 1. The summed E-state index contributed by atoms with van der Waals surface area (Å²) in [6.45, 7) is 9.69. The molecule has 4 nitrogen and oxygen atoms in total. The van der Waals surface area contributed by atoms with Crippen LogP contribution in [0.2, 0.25) is 5.02 Å². The SMILES string of the molecule is CCOc1ccc(C2C=c3c(n(CC(C)(C)C)c(=O)n3C)=CC2)cc1Cl. The van der Waals surface area contributed by atoms with Gasteiger partial charge in [0, 0.05) is 19.5 Å². The second-order valence-electron chi connectivity index (χ2n) is 8.09. The van der Waals surface area contributed by atoms with Gasteiger partial charge in [-0.1, -0.05) is 50.6 Å². The number of hydrogen-bond acceptors (Lipinski definition) is 2. The molecule has 1 aliphatic rings. The minimum atomic E-state index is 0.0443. The van der Waals surface area contributed by atoms with Crippen LogP contribution in [-0.4, -0.2) is 15.7 Å². The van der Waals surface area contributed by atoms with Crippen LogP contribution in [0.4, 0.5) is 0 Å². The van der Waals surface area contributed by atoms with Crippen molar-refractivity contribution < 1.29 is 4.74 Å². The molecule has 0 fully saturated rings. The number of ether oxygens (including phenoxy) is 1. The van der Waals surface area contributed by atoms with E-state index >= 15 is 0 Å². The van der Waals surface area contributed by atoms with E-state index in [0.29, 0.717) is 23.9 Å². The topological polar surface area (TPSA) is 36.2 Å². The van der Waals surface area contributed by atoms with Gasteiger partial charge in [-0.3, -0.25) is 9.13 Å². The predicted octanol–water partition coefficient (Wildman–Crippen LogP) is 3.03. The summed E-state index contributed by atoms with van der Waals surface area (Å²) in [6.07, 6.45) is 5.21. The molecule has 1 atom stereocenters. The fourth-order valence-corrected chi connectivity index (χ4v) is 3.73. The molecule has 26 heavy (non-hydrogen) atoms. The van der Waals surface area contributed by atoms with Crippen LogP contribution in [0.15, 0.2) is 23.0 Å². The van der Waals surface area contributed by atoms with Crippen molar-refractivity contribution in [2.24, 2.45) is 12.5 Å². The standard InChI is InChI=1S/C21H27ClN2O2/c1-6-26-19-10-8-14(11-16(19)22)15-7-9-17-18(12-15)23(5)20(25)24(17)13-21(2,3)4/h8-12,15H,6-7,13H2,1-5H3. The molecule has 0 radical (unpaired) electrons. The molecule has 0 saturated heterocycles. The quantitative estimate of drug-likeness (QED) is 0.824. The highest BCUT2D eigenvalue weighted by Crippen LogP contribution is 2.31. The van der Waals surface area contributed by atoms with Crippen LogP contribution < -0.4 is 21.1 Å². The number of halogens is 1. The van der Waals surface area contributed by atoms with Crippen LogP contribution in [0.5, 0.6) is 5.75 Å². The van der Waals surface area contributed by atoms with E-state index in [9.17, 15) is 4.79 Å². The monoisotopic (exact) mass is 374 g/mol. The van der Waals surface area contributed by atoms with Crippen LogP contribution in [0, 0.1) is 5.41 Å². The molecule has 1 aromatic carbocycles. The zero-order valence-corrected chi connectivity index (χ0v) is 16.9. The minimum Gasteiger partial charge on any atom is -0.492 e. The highest BCUT2D eigenvalue weighted by Gasteiger charge is 2.20. The fourth-order valence-electron chi connectivity index (χ4n) is 3.49. The van der Waals surface area contributed by atoms with Crippen molar-refractivity contribution in [3.63, 3.8) is 0 Å². The Morgan fingerprint density at radius 2 is 2.00 bits per heavy atom. The molecule has 5 heteroatoms. The zero-order chi connectivity index (χ0) is 19.1. The van der Waals surface area contributed by atoms with E-state index in [1.54, 1.807) is 4.57 Å². The predicted molar refractivity (Wildman–Crippen MR) is 107 cm³/mol. The van der Waals surface area contributed by atoms with Crippen molar-refractivity contribution in [3.05, 3.63) is 50.0 Å². The van der Waals surface area contributed by atoms with Crippen LogP contribution in [0.1, 0.15) is 45.6 Å². The van der Waals surface area contributed by atoms with Gasteiger partial charge in [-0.25, -0.2) is 4.79 Å². The number of benzene rings is 1. The third-order valence-electron chi connectivity index (χ3n) is 4.67. The van der Waals surface area contributed by atoms with Gasteiger partial charge >= 0.3 is 5.69 Å². The Bertz CT molecular complexity index is 993. The fraction of sp³-hybridized carbons (Fsp3) is 0.476. The molecular weight excluding hydrogens is 348 g/mol. The number of rotatable bonds is 4. The van der Waals surface area contributed by atoms with Crippen LogP contribution in [0.3, 0.4) is 0 Å². The van der Waals surface area contributed by atoms with Gasteiger partial charge in [0.2, 0.25) is 0 Å². The number of imidazole rings is 1. The van der Waals surface area contributed by atoms with E-state index in [2.05, 4.69) is 39.0 Å². The first-order valence-corrected chi connectivity index (χ1v) is 9.49. The lowest BCUT2D eigenvalue weighted by atomic mass is 9.92. The molecule has 1 aliphatic carbocycles. The van der Waals surface area contributed by atoms with Gasteiger partial charge in [-0.15, -0.1) is 0 Å². The van der Waals surface area contributed by atoms with Gasteiger partial charge in [-0.05, 0) is 36.5 Å². The molecule has 0 spiro atoms. The van der Waals surface area contributed by atoms with Gasteiger partial charge in [0.25, 0.3) is 0 Å². The molecule has 0 aliphatic heterocycles. The Morgan fingerprint density at radius 1 is 1.27 bits per heavy atom. The maximum atomic E-state index is 12.7. The van der Waals surface area contributed by atoms with Crippen molar-refractivity contribution in [1.82, 2.24) is 9.13 Å². The first kappa shape index (κ1) is 18.8. The molecular formula is C21H27ClN2O2. The third-order valence-corrected chi connectivity index (χ3v) is 4.97. The molecule has 2 aromatic rings.